The monoisotopic (exact) mass is 305 g/mol. The smallest absolute Gasteiger partial charge is 0.308 e. The van der Waals surface area contributed by atoms with Gasteiger partial charge in [0.2, 0.25) is 13.8 Å². The van der Waals surface area contributed by atoms with E-state index in [2.05, 4.69) is 10.6 Å². The molecule has 2 amide bonds. The maximum Gasteiger partial charge on any atom is 0.308 e. The summed E-state index contributed by atoms with van der Waals surface area (Å²) < 4.78 is 5.12. The molecule has 1 aromatic carbocycles. The number of hydrogen-bond acceptors (Lipinski definition) is 5. The Morgan fingerprint density at radius 3 is 2.55 bits per heavy atom. The van der Waals surface area contributed by atoms with E-state index in [0.29, 0.717) is 24.3 Å². The summed E-state index contributed by atoms with van der Waals surface area (Å²) in [5.74, 6) is -0.636. The van der Waals surface area contributed by atoms with Crippen LogP contribution in [0.25, 0.3) is 0 Å². The molecule has 0 aliphatic rings. The van der Waals surface area contributed by atoms with Gasteiger partial charge in [0.1, 0.15) is 0 Å². The van der Waals surface area contributed by atoms with E-state index in [1.807, 2.05) is 0 Å². The number of nitrogens with zero attached hydrogens (tertiary/aromatic N) is 1. The van der Waals surface area contributed by atoms with Crippen LogP contribution in [0.3, 0.4) is 0 Å². The summed E-state index contributed by atoms with van der Waals surface area (Å²) in [6.45, 7) is 1.84. The fraction of sp³-hybridized carbons (Fsp3) is 0.357. The summed E-state index contributed by atoms with van der Waals surface area (Å²) in [4.78, 5) is 35.8. The summed E-state index contributed by atoms with van der Waals surface area (Å²) in [5.41, 5.74) is 0.953. The second-order valence-electron chi connectivity index (χ2n) is 4.76. The molecule has 0 unspecified atom stereocenters. The summed E-state index contributed by atoms with van der Waals surface area (Å²) in [5, 5.41) is 5.60. The highest BCUT2D eigenvalue weighted by atomic mass is 16.5. The second kappa shape index (κ2) is 8.18. The first-order chi connectivity index (χ1) is 10.3. The lowest BCUT2D eigenvalue weighted by Crippen LogP contribution is -2.25. The van der Waals surface area contributed by atoms with Crippen molar-refractivity contribution in [3.63, 3.8) is 0 Å². The van der Waals surface area contributed by atoms with Crippen LogP contribution in [0, 0.1) is 0 Å². The van der Waals surface area contributed by atoms with E-state index in [4.69, 9.17) is 4.74 Å². The normalized spacial score (nSPS) is 9.95. The van der Waals surface area contributed by atoms with Gasteiger partial charge in [-0.05, 0) is 19.2 Å². The second-order valence-corrected chi connectivity index (χ2v) is 4.76. The molecule has 0 aliphatic carbocycles. The van der Waals surface area contributed by atoms with Crippen LogP contribution in [0.15, 0.2) is 18.2 Å². The molecule has 0 heterocycles. The van der Waals surface area contributed by atoms with Crippen molar-refractivity contribution in [3.8, 4) is 5.75 Å². The molecule has 0 aromatic heterocycles. The molecule has 1 rings (SSSR count). The first-order valence-electron chi connectivity index (χ1n) is 6.86. The minimum absolute atomic E-state index is 0.157. The molecule has 7 nitrogen and oxygen atoms in total. The van der Waals surface area contributed by atoms with Crippen molar-refractivity contribution in [1.29, 1.82) is 0 Å². The lowest BCUT2D eigenvalue weighted by Gasteiger charge is -2.19. The van der Waals surface area contributed by atoms with Gasteiger partial charge in [-0.2, -0.15) is 0 Å². The third kappa shape index (κ3) is 5.21. The topological polar surface area (TPSA) is 87.7 Å². The van der Waals surface area contributed by atoms with Crippen LogP contribution in [0.5, 0.6) is 5.75 Å². The van der Waals surface area contributed by atoms with Gasteiger partial charge in [0.25, 0.3) is 0 Å². The SMILES string of the molecule is BC(=O)N(C)c1ccc(NC(=O)CCNC)cc1OC(C)=O. The molecular formula is C14H20BN3O4. The molecule has 0 aliphatic heterocycles. The van der Waals surface area contributed by atoms with Gasteiger partial charge in [-0.15, -0.1) is 0 Å². The van der Waals surface area contributed by atoms with Gasteiger partial charge < -0.3 is 20.3 Å². The number of rotatable bonds is 6. The summed E-state index contributed by atoms with van der Waals surface area (Å²) in [6.07, 6.45) is 0.328. The molecular weight excluding hydrogens is 285 g/mol. The highest BCUT2D eigenvalue weighted by Gasteiger charge is 2.15. The van der Waals surface area contributed by atoms with Crippen molar-refractivity contribution in [2.75, 3.05) is 30.9 Å². The van der Waals surface area contributed by atoms with Crippen molar-refractivity contribution in [1.82, 2.24) is 5.32 Å². The minimum atomic E-state index is -0.503. The molecule has 2 N–H and O–H groups in total. The lowest BCUT2D eigenvalue weighted by molar-refractivity contribution is -0.131. The number of ether oxygens (including phenoxy) is 1. The van der Waals surface area contributed by atoms with Gasteiger partial charge in [0, 0.05) is 38.7 Å². The fourth-order valence-corrected chi connectivity index (χ4v) is 1.74. The molecule has 0 bridgehead atoms. The van der Waals surface area contributed by atoms with Crippen molar-refractivity contribution < 1.29 is 19.1 Å². The number of amides is 2. The zero-order valence-electron chi connectivity index (χ0n) is 13.2. The Bertz CT molecular complexity index is 577. The van der Waals surface area contributed by atoms with Crippen molar-refractivity contribution in [3.05, 3.63) is 18.2 Å². The molecule has 118 valence electrons. The quantitative estimate of drug-likeness (QED) is 0.450. The number of hydrogen-bond donors (Lipinski definition) is 2. The third-order valence-electron chi connectivity index (χ3n) is 2.93. The Morgan fingerprint density at radius 2 is 2.00 bits per heavy atom. The largest absolute Gasteiger partial charge is 0.424 e. The molecule has 8 heteroatoms. The first kappa shape index (κ1) is 17.7. The molecule has 0 saturated carbocycles. The highest BCUT2D eigenvalue weighted by molar-refractivity contribution is 6.60. The van der Waals surface area contributed by atoms with Crippen LogP contribution < -0.4 is 20.3 Å². The summed E-state index contributed by atoms with van der Waals surface area (Å²) >= 11 is 0. The molecule has 0 radical (unpaired) electrons. The Morgan fingerprint density at radius 1 is 1.32 bits per heavy atom. The number of anilines is 2. The Hall–Kier alpha value is -2.35. The third-order valence-corrected chi connectivity index (χ3v) is 2.93. The lowest BCUT2D eigenvalue weighted by atomic mass is 10.1. The van der Waals surface area contributed by atoms with Crippen LogP contribution in [0.1, 0.15) is 13.3 Å². The number of nitrogens with one attached hydrogen (secondary N) is 2. The molecule has 1 aromatic rings. The van der Waals surface area contributed by atoms with E-state index in [-0.39, 0.29) is 17.5 Å². The van der Waals surface area contributed by atoms with Crippen molar-refractivity contribution >= 4 is 36.9 Å². The van der Waals surface area contributed by atoms with Crippen LogP contribution >= 0.6 is 0 Å². The van der Waals surface area contributed by atoms with Crippen LogP contribution in [-0.4, -0.2) is 46.2 Å². The van der Waals surface area contributed by atoms with Crippen LogP contribution in [0.4, 0.5) is 16.2 Å². The van der Waals surface area contributed by atoms with E-state index < -0.39 is 5.97 Å². The van der Waals surface area contributed by atoms with Gasteiger partial charge in [-0.3, -0.25) is 14.4 Å². The predicted octanol–water partition coefficient (Wildman–Crippen LogP) is 0.349. The highest BCUT2D eigenvalue weighted by Crippen LogP contribution is 2.31. The van der Waals surface area contributed by atoms with Crippen LogP contribution in [0.2, 0.25) is 0 Å². The van der Waals surface area contributed by atoms with Gasteiger partial charge in [-0.25, -0.2) is 0 Å². The number of carbonyl (C=O) groups excluding carboxylic acids is 3. The van der Waals surface area contributed by atoms with E-state index >= 15 is 0 Å². The molecule has 0 saturated heterocycles. The van der Waals surface area contributed by atoms with Crippen molar-refractivity contribution in [2.45, 2.75) is 13.3 Å². The van der Waals surface area contributed by atoms with Crippen molar-refractivity contribution in [2.24, 2.45) is 0 Å². The average molecular weight is 305 g/mol. The van der Waals surface area contributed by atoms with Gasteiger partial charge in [0.15, 0.2) is 11.6 Å². The Kier molecular flexibility index (Phi) is 6.59. The molecule has 0 atom stereocenters. The fourth-order valence-electron chi connectivity index (χ4n) is 1.74. The van der Waals surface area contributed by atoms with Gasteiger partial charge in [-0.1, -0.05) is 0 Å². The standard InChI is InChI=1S/C14H20BN3O4/c1-9(19)22-12-8-10(17-13(20)6-7-16-2)4-5-11(12)18(3)14(15)21/h4-5,8,16H,6-7,15H2,1-3H3,(H,17,20). The summed E-state index contributed by atoms with van der Waals surface area (Å²) in [6, 6.07) is 4.79. The Balaban J connectivity index is 3.01. The average Bonchev–Trinajstić information content (AvgIpc) is 2.44. The Labute approximate surface area is 130 Å². The van der Waals surface area contributed by atoms with Crippen LogP contribution in [-0.2, 0) is 9.59 Å². The van der Waals surface area contributed by atoms with E-state index in [9.17, 15) is 14.4 Å². The maximum atomic E-state index is 11.7. The zero-order chi connectivity index (χ0) is 16.7. The number of esters is 1. The number of benzene rings is 1. The minimum Gasteiger partial charge on any atom is -0.424 e. The first-order valence-corrected chi connectivity index (χ1v) is 6.86. The van der Waals surface area contributed by atoms with Gasteiger partial charge >= 0.3 is 5.97 Å². The molecule has 0 spiro atoms. The number of carbonyl (C=O) groups is 3. The van der Waals surface area contributed by atoms with E-state index in [1.54, 1.807) is 26.2 Å². The molecule has 22 heavy (non-hydrogen) atoms. The molecule has 0 fully saturated rings. The maximum absolute atomic E-state index is 11.7. The van der Waals surface area contributed by atoms with Gasteiger partial charge in [0.05, 0.1) is 5.69 Å². The van der Waals surface area contributed by atoms with E-state index in [1.165, 1.54) is 25.7 Å². The summed E-state index contributed by atoms with van der Waals surface area (Å²) in [7, 11) is 4.75. The van der Waals surface area contributed by atoms with E-state index in [0.717, 1.165) is 0 Å². The zero-order valence-corrected chi connectivity index (χ0v) is 13.2. The predicted molar refractivity (Wildman–Crippen MR) is 87.3 cm³/mol.